The van der Waals surface area contributed by atoms with E-state index in [4.69, 9.17) is 27.9 Å². The van der Waals surface area contributed by atoms with Crippen molar-refractivity contribution in [2.45, 2.75) is 18.2 Å². The van der Waals surface area contributed by atoms with E-state index in [1.165, 1.54) is 5.56 Å². The van der Waals surface area contributed by atoms with Crippen LogP contribution in [0.3, 0.4) is 0 Å². The highest BCUT2D eigenvalue weighted by Gasteiger charge is 2.10. The van der Waals surface area contributed by atoms with E-state index in [0.717, 1.165) is 17.7 Å². The molecule has 0 fully saturated rings. The van der Waals surface area contributed by atoms with Crippen LogP contribution >= 0.6 is 39.1 Å². The number of hydrogen-bond acceptors (Lipinski definition) is 1. The Hall–Kier alpha value is -0.700. The van der Waals surface area contributed by atoms with Gasteiger partial charge in [-0.05, 0) is 48.7 Å². The molecule has 0 aliphatic carbocycles. The van der Waals surface area contributed by atoms with Crippen molar-refractivity contribution < 1.29 is 4.74 Å². The lowest BCUT2D eigenvalue weighted by Crippen LogP contribution is -1.96. The summed E-state index contributed by atoms with van der Waals surface area (Å²) in [6, 6.07) is 13.9. The summed E-state index contributed by atoms with van der Waals surface area (Å²) < 4.78 is 5.44. The Morgan fingerprint density at radius 2 is 1.75 bits per heavy atom. The monoisotopic (exact) mass is 372 g/mol. The van der Waals surface area contributed by atoms with Crippen LogP contribution in [0.15, 0.2) is 42.5 Å². The molecule has 0 saturated carbocycles. The van der Waals surface area contributed by atoms with Gasteiger partial charge in [0.05, 0.1) is 16.7 Å². The van der Waals surface area contributed by atoms with Gasteiger partial charge in [-0.15, -0.1) is 0 Å². The van der Waals surface area contributed by atoms with Crippen molar-refractivity contribution in [3.05, 3.63) is 63.6 Å². The second-order valence-corrected chi connectivity index (χ2v) is 6.34. The van der Waals surface area contributed by atoms with Crippen LogP contribution in [-0.4, -0.2) is 6.61 Å². The fourth-order valence-corrected chi connectivity index (χ4v) is 2.93. The summed E-state index contributed by atoms with van der Waals surface area (Å²) in [7, 11) is 0. The zero-order valence-corrected chi connectivity index (χ0v) is 14.2. The number of benzene rings is 2. The van der Waals surface area contributed by atoms with Crippen LogP contribution in [0.4, 0.5) is 0 Å². The highest BCUT2D eigenvalue weighted by molar-refractivity contribution is 9.09. The normalized spacial score (nSPS) is 12.2. The van der Waals surface area contributed by atoms with Crippen molar-refractivity contribution >= 4 is 39.1 Å². The summed E-state index contributed by atoms with van der Waals surface area (Å²) in [5, 5.41) is 1.18. The molecule has 0 aromatic heterocycles. The molecule has 0 radical (unpaired) electrons. The third-order valence-corrected chi connectivity index (χ3v) is 4.54. The van der Waals surface area contributed by atoms with Gasteiger partial charge in [0.1, 0.15) is 5.75 Å². The Balaban J connectivity index is 2.06. The maximum Gasteiger partial charge on any atom is 0.119 e. The third kappa shape index (κ3) is 4.15. The minimum absolute atomic E-state index is 0.232. The first-order chi connectivity index (χ1) is 9.60. The lowest BCUT2D eigenvalue weighted by Gasteiger charge is -2.12. The van der Waals surface area contributed by atoms with E-state index < -0.39 is 0 Å². The largest absolute Gasteiger partial charge is 0.494 e. The van der Waals surface area contributed by atoms with Crippen LogP contribution in [0.2, 0.25) is 10.0 Å². The predicted octanol–water partition coefficient (Wildman–Crippen LogP) is 6.07. The van der Waals surface area contributed by atoms with Crippen LogP contribution in [0, 0.1) is 0 Å². The molecule has 106 valence electrons. The molecule has 0 spiro atoms. The molecule has 1 unspecified atom stereocenters. The molecule has 0 saturated heterocycles. The molecular weight excluding hydrogens is 359 g/mol. The van der Waals surface area contributed by atoms with Gasteiger partial charge in [0.25, 0.3) is 0 Å². The van der Waals surface area contributed by atoms with Crippen LogP contribution in [0.5, 0.6) is 5.75 Å². The topological polar surface area (TPSA) is 9.23 Å². The second kappa shape index (κ2) is 7.35. The summed E-state index contributed by atoms with van der Waals surface area (Å²) in [5.41, 5.74) is 2.36. The van der Waals surface area contributed by atoms with Crippen LogP contribution in [-0.2, 0) is 6.42 Å². The molecule has 20 heavy (non-hydrogen) atoms. The average molecular weight is 374 g/mol. The number of halogens is 3. The minimum Gasteiger partial charge on any atom is -0.494 e. The lowest BCUT2D eigenvalue weighted by atomic mass is 10.0. The van der Waals surface area contributed by atoms with Gasteiger partial charge in [0.15, 0.2) is 0 Å². The Morgan fingerprint density at radius 1 is 1.05 bits per heavy atom. The summed E-state index contributed by atoms with van der Waals surface area (Å²) in [6.45, 7) is 2.66. The van der Waals surface area contributed by atoms with Crippen molar-refractivity contribution in [2.75, 3.05) is 6.61 Å². The van der Waals surface area contributed by atoms with Gasteiger partial charge in [-0.2, -0.15) is 0 Å². The van der Waals surface area contributed by atoms with Gasteiger partial charge in [0.2, 0.25) is 0 Å². The maximum atomic E-state index is 6.04. The van der Waals surface area contributed by atoms with E-state index in [-0.39, 0.29) is 4.83 Å². The van der Waals surface area contributed by atoms with E-state index in [1.54, 1.807) is 0 Å². The number of rotatable bonds is 5. The molecule has 2 aromatic carbocycles. The standard InChI is InChI=1S/C16H15BrCl2O/c1-2-20-13-6-4-12(5-7-13)14(17)9-11-3-8-15(18)16(19)10-11/h3-8,10,14H,2,9H2,1H3. The molecule has 0 aliphatic rings. The minimum atomic E-state index is 0.232. The molecule has 0 bridgehead atoms. The van der Waals surface area contributed by atoms with E-state index in [0.29, 0.717) is 16.7 Å². The Labute approximate surface area is 138 Å². The number of hydrogen-bond donors (Lipinski definition) is 0. The van der Waals surface area contributed by atoms with Gasteiger partial charge < -0.3 is 4.74 Å². The molecule has 0 N–H and O–H groups in total. The van der Waals surface area contributed by atoms with Gasteiger partial charge in [-0.3, -0.25) is 0 Å². The van der Waals surface area contributed by atoms with Crippen molar-refractivity contribution in [1.29, 1.82) is 0 Å². The average Bonchev–Trinajstić information content (AvgIpc) is 2.44. The number of alkyl halides is 1. The summed E-state index contributed by atoms with van der Waals surface area (Å²) in [4.78, 5) is 0.232. The van der Waals surface area contributed by atoms with Gasteiger partial charge in [0, 0.05) is 4.83 Å². The fourth-order valence-electron chi connectivity index (χ4n) is 1.93. The summed E-state index contributed by atoms with van der Waals surface area (Å²) >= 11 is 15.7. The van der Waals surface area contributed by atoms with E-state index >= 15 is 0 Å². The predicted molar refractivity (Wildman–Crippen MR) is 89.4 cm³/mol. The second-order valence-electron chi connectivity index (χ2n) is 4.42. The molecule has 1 atom stereocenters. The molecule has 0 aliphatic heterocycles. The summed E-state index contributed by atoms with van der Waals surface area (Å²) in [6.07, 6.45) is 0.852. The maximum absolute atomic E-state index is 6.04. The lowest BCUT2D eigenvalue weighted by molar-refractivity contribution is 0.340. The molecule has 4 heteroatoms. The fraction of sp³-hybridized carbons (Fsp3) is 0.250. The van der Waals surface area contributed by atoms with Crippen molar-refractivity contribution in [3.8, 4) is 5.75 Å². The zero-order valence-electron chi connectivity index (χ0n) is 11.1. The Kier molecular flexibility index (Phi) is 5.76. The smallest absolute Gasteiger partial charge is 0.119 e. The van der Waals surface area contributed by atoms with Crippen molar-refractivity contribution in [1.82, 2.24) is 0 Å². The third-order valence-electron chi connectivity index (χ3n) is 2.95. The van der Waals surface area contributed by atoms with Gasteiger partial charge in [-0.1, -0.05) is 57.3 Å². The Bertz CT molecular complexity index is 569. The highest BCUT2D eigenvalue weighted by atomic mass is 79.9. The highest BCUT2D eigenvalue weighted by Crippen LogP contribution is 2.30. The first kappa shape index (κ1) is 15.7. The first-order valence-corrected chi connectivity index (χ1v) is 8.08. The van der Waals surface area contributed by atoms with Crippen molar-refractivity contribution in [2.24, 2.45) is 0 Å². The van der Waals surface area contributed by atoms with E-state index in [9.17, 15) is 0 Å². The Morgan fingerprint density at radius 3 is 2.35 bits per heavy atom. The molecular formula is C16H15BrCl2O. The van der Waals surface area contributed by atoms with Crippen LogP contribution in [0.1, 0.15) is 22.9 Å². The van der Waals surface area contributed by atoms with Crippen LogP contribution < -0.4 is 4.74 Å². The summed E-state index contributed by atoms with van der Waals surface area (Å²) in [5.74, 6) is 0.894. The molecule has 0 amide bonds. The zero-order chi connectivity index (χ0) is 14.5. The first-order valence-electron chi connectivity index (χ1n) is 6.41. The van der Waals surface area contributed by atoms with Gasteiger partial charge >= 0.3 is 0 Å². The molecule has 2 rings (SSSR count). The van der Waals surface area contributed by atoms with Crippen molar-refractivity contribution in [3.63, 3.8) is 0 Å². The van der Waals surface area contributed by atoms with Gasteiger partial charge in [-0.25, -0.2) is 0 Å². The molecule has 0 heterocycles. The quantitative estimate of drug-likeness (QED) is 0.577. The SMILES string of the molecule is CCOc1ccc(C(Br)Cc2ccc(Cl)c(Cl)c2)cc1. The molecule has 1 nitrogen and oxygen atoms in total. The number of ether oxygens (including phenoxy) is 1. The van der Waals surface area contributed by atoms with E-state index in [1.807, 2.05) is 37.3 Å². The van der Waals surface area contributed by atoms with Crippen LogP contribution in [0.25, 0.3) is 0 Å². The van der Waals surface area contributed by atoms with E-state index in [2.05, 4.69) is 28.1 Å². The molecule has 2 aromatic rings.